The van der Waals surface area contributed by atoms with E-state index in [4.69, 9.17) is 4.74 Å². The van der Waals surface area contributed by atoms with Gasteiger partial charge in [0.25, 0.3) is 0 Å². The van der Waals surface area contributed by atoms with E-state index in [1.807, 2.05) is 66.9 Å². The predicted octanol–water partition coefficient (Wildman–Crippen LogP) is 4.65. The molecular weight excluding hydrogens is 306 g/mol. The molecule has 3 aromatic rings. The molecule has 116 valence electrons. The maximum absolute atomic E-state index is 5.16. The van der Waals surface area contributed by atoms with Crippen molar-refractivity contribution < 1.29 is 4.74 Å². The molecule has 0 aliphatic carbocycles. The van der Waals surface area contributed by atoms with Gasteiger partial charge >= 0.3 is 0 Å². The van der Waals surface area contributed by atoms with Crippen LogP contribution < -0.4 is 10.2 Å². The Labute approximate surface area is 139 Å². The third-order valence-corrected chi connectivity index (χ3v) is 4.15. The van der Waals surface area contributed by atoms with Gasteiger partial charge in [-0.25, -0.2) is 4.98 Å². The fraction of sp³-hybridized carbons (Fsp3) is 0.111. The van der Waals surface area contributed by atoms with Crippen LogP contribution in [0.25, 0.3) is 11.3 Å². The first kappa shape index (κ1) is 15.2. The molecule has 4 nitrogen and oxygen atoms in total. The van der Waals surface area contributed by atoms with Gasteiger partial charge in [0.05, 0.1) is 18.5 Å². The summed E-state index contributed by atoms with van der Waals surface area (Å²) in [6.07, 6.45) is 0. The highest BCUT2D eigenvalue weighted by Gasteiger charge is 2.04. The maximum atomic E-state index is 5.16. The summed E-state index contributed by atoms with van der Waals surface area (Å²) < 4.78 is 5.16. The third-order valence-electron chi connectivity index (χ3n) is 3.40. The fourth-order valence-corrected chi connectivity index (χ4v) is 2.76. The first-order chi connectivity index (χ1) is 11.3. The van der Waals surface area contributed by atoms with Gasteiger partial charge in [0.15, 0.2) is 0 Å². The highest BCUT2D eigenvalue weighted by molar-refractivity contribution is 7.14. The molecule has 0 spiro atoms. The van der Waals surface area contributed by atoms with Crippen molar-refractivity contribution in [3.63, 3.8) is 0 Å². The van der Waals surface area contributed by atoms with Crippen molar-refractivity contribution in [2.45, 2.75) is 6.92 Å². The monoisotopic (exact) mass is 323 g/mol. The largest absolute Gasteiger partial charge is 0.497 e. The molecule has 0 unspecified atom stereocenters. The van der Waals surface area contributed by atoms with Gasteiger partial charge in [-0.1, -0.05) is 30.3 Å². The zero-order valence-corrected chi connectivity index (χ0v) is 13.8. The number of hydrazone groups is 1. The van der Waals surface area contributed by atoms with Crippen molar-refractivity contribution in [3.8, 4) is 17.0 Å². The summed E-state index contributed by atoms with van der Waals surface area (Å²) in [6, 6.07) is 17.9. The standard InChI is InChI=1S/C18H17N3OS/c1-13(14-8-10-16(22-2)11-9-14)20-21-18-19-17(12-23-18)15-6-4-3-5-7-15/h3-12H,1-2H3,(H,19,21)/b20-13-. The number of nitrogens with one attached hydrogen (secondary N) is 1. The van der Waals surface area contributed by atoms with Crippen LogP contribution in [0.1, 0.15) is 12.5 Å². The van der Waals surface area contributed by atoms with Crippen LogP contribution in [0, 0.1) is 0 Å². The van der Waals surface area contributed by atoms with Gasteiger partial charge in [-0.2, -0.15) is 5.10 Å². The number of rotatable bonds is 5. The summed E-state index contributed by atoms with van der Waals surface area (Å²) in [6.45, 7) is 1.96. The van der Waals surface area contributed by atoms with Crippen LogP contribution in [-0.4, -0.2) is 17.8 Å². The van der Waals surface area contributed by atoms with E-state index in [1.54, 1.807) is 7.11 Å². The first-order valence-electron chi connectivity index (χ1n) is 7.22. The molecule has 0 aliphatic heterocycles. The molecular formula is C18H17N3OS. The molecule has 0 fully saturated rings. The molecule has 0 saturated heterocycles. The van der Waals surface area contributed by atoms with Crippen molar-refractivity contribution >= 4 is 22.2 Å². The zero-order chi connectivity index (χ0) is 16.1. The van der Waals surface area contributed by atoms with Gasteiger partial charge < -0.3 is 4.74 Å². The van der Waals surface area contributed by atoms with E-state index in [-0.39, 0.29) is 0 Å². The fourth-order valence-electron chi connectivity index (χ4n) is 2.10. The summed E-state index contributed by atoms with van der Waals surface area (Å²) in [5, 5.41) is 7.20. The lowest BCUT2D eigenvalue weighted by Crippen LogP contribution is -1.99. The molecule has 0 bridgehead atoms. The van der Waals surface area contributed by atoms with Crippen molar-refractivity contribution in [2.75, 3.05) is 12.5 Å². The highest BCUT2D eigenvalue weighted by Crippen LogP contribution is 2.24. The predicted molar refractivity (Wildman–Crippen MR) is 96.4 cm³/mol. The number of thiazole rings is 1. The molecule has 0 atom stereocenters. The number of anilines is 1. The summed E-state index contributed by atoms with van der Waals surface area (Å²) in [4.78, 5) is 4.55. The average Bonchev–Trinajstić information content (AvgIpc) is 3.09. The topological polar surface area (TPSA) is 46.5 Å². The lowest BCUT2D eigenvalue weighted by Gasteiger charge is -2.03. The van der Waals surface area contributed by atoms with Crippen molar-refractivity contribution in [1.29, 1.82) is 0 Å². The molecule has 3 rings (SSSR count). The lowest BCUT2D eigenvalue weighted by atomic mass is 10.1. The van der Waals surface area contributed by atoms with Crippen LogP contribution in [0.5, 0.6) is 5.75 Å². The Morgan fingerprint density at radius 2 is 1.83 bits per heavy atom. The van der Waals surface area contributed by atoms with E-state index in [0.29, 0.717) is 0 Å². The Kier molecular flexibility index (Phi) is 4.68. The number of methoxy groups -OCH3 is 1. The minimum Gasteiger partial charge on any atom is -0.497 e. The molecule has 2 aromatic carbocycles. The average molecular weight is 323 g/mol. The Balaban J connectivity index is 1.70. The Morgan fingerprint density at radius 1 is 1.09 bits per heavy atom. The smallest absolute Gasteiger partial charge is 0.203 e. The second-order valence-electron chi connectivity index (χ2n) is 4.94. The van der Waals surface area contributed by atoms with Gasteiger partial charge in [-0.3, -0.25) is 5.43 Å². The number of hydrogen-bond donors (Lipinski definition) is 1. The Morgan fingerprint density at radius 3 is 2.52 bits per heavy atom. The lowest BCUT2D eigenvalue weighted by molar-refractivity contribution is 0.415. The quantitative estimate of drug-likeness (QED) is 0.549. The third kappa shape index (κ3) is 3.76. The van der Waals surface area contributed by atoms with Crippen LogP contribution in [0.4, 0.5) is 5.13 Å². The second-order valence-corrected chi connectivity index (χ2v) is 5.80. The first-order valence-corrected chi connectivity index (χ1v) is 8.10. The van der Waals surface area contributed by atoms with Crippen LogP contribution in [-0.2, 0) is 0 Å². The van der Waals surface area contributed by atoms with Crippen molar-refractivity contribution in [2.24, 2.45) is 5.10 Å². The number of hydrogen-bond acceptors (Lipinski definition) is 5. The summed E-state index contributed by atoms with van der Waals surface area (Å²) >= 11 is 1.54. The van der Waals surface area contributed by atoms with E-state index in [0.717, 1.165) is 33.4 Å². The van der Waals surface area contributed by atoms with E-state index >= 15 is 0 Å². The van der Waals surface area contributed by atoms with Crippen molar-refractivity contribution in [3.05, 3.63) is 65.5 Å². The Bertz CT molecular complexity index is 795. The maximum Gasteiger partial charge on any atom is 0.203 e. The van der Waals surface area contributed by atoms with E-state index in [1.165, 1.54) is 11.3 Å². The highest BCUT2D eigenvalue weighted by atomic mass is 32.1. The van der Waals surface area contributed by atoms with Crippen molar-refractivity contribution in [1.82, 2.24) is 4.98 Å². The van der Waals surface area contributed by atoms with Gasteiger partial charge in [0.1, 0.15) is 5.75 Å². The number of nitrogens with zero attached hydrogens (tertiary/aromatic N) is 2. The van der Waals surface area contributed by atoms with Gasteiger partial charge in [-0.05, 0) is 36.8 Å². The van der Waals surface area contributed by atoms with Crippen LogP contribution in [0.3, 0.4) is 0 Å². The molecule has 0 aliphatic rings. The Hall–Kier alpha value is -2.66. The minimum absolute atomic E-state index is 0.775. The molecule has 5 heteroatoms. The van der Waals surface area contributed by atoms with Gasteiger partial charge in [0.2, 0.25) is 5.13 Å². The second kappa shape index (κ2) is 7.07. The van der Waals surface area contributed by atoms with Gasteiger partial charge in [-0.15, -0.1) is 11.3 Å². The SMILES string of the molecule is COc1ccc(/C(C)=N\Nc2nc(-c3ccccc3)cs2)cc1. The summed E-state index contributed by atoms with van der Waals surface area (Å²) in [5.74, 6) is 0.835. The van der Waals surface area contributed by atoms with E-state index < -0.39 is 0 Å². The number of ether oxygens (including phenoxy) is 1. The van der Waals surface area contributed by atoms with Gasteiger partial charge in [0, 0.05) is 10.9 Å². The molecule has 1 N–H and O–H groups in total. The van der Waals surface area contributed by atoms with Crippen LogP contribution in [0.15, 0.2) is 65.1 Å². The minimum atomic E-state index is 0.775. The zero-order valence-electron chi connectivity index (χ0n) is 13.0. The molecule has 23 heavy (non-hydrogen) atoms. The number of aromatic nitrogens is 1. The van der Waals surface area contributed by atoms with Crippen LogP contribution in [0.2, 0.25) is 0 Å². The molecule has 0 amide bonds. The summed E-state index contributed by atoms with van der Waals surface area (Å²) in [7, 11) is 1.66. The van der Waals surface area contributed by atoms with E-state index in [9.17, 15) is 0 Å². The molecule has 0 radical (unpaired) electrons. The molecule has 0 saturated carbocycles. The molecule has 1 aromatic heterocycles. The van der Waals surface area contributed by atoms with E-state index in [2.05, 4.69) is 15.5 Å². The van der Waals surface area contributed by atoms with Crippen LogP contribution >= 0.6 is 11.3 Å². The molecule has 1 heterocycles. The normalized spacial score (nSPS) is 11.3. The number of benzene rings is 2. The summed E-state index contributed by atoms with van der Waals surface area (Å²) in [5.41, 5.74) is 7.02.